The van der Waals surface area contributed by atoms with E-state index in [9.17, 15) is 9.90 Å². The number of nitrogens with zero attached hydrogens (tertiary/aromatic N) is 2. The molecule has 2 aliphatic rings. The number of phenolic OH excluding ortho intramolecular Hbond substituents is 1. The molecule has 2 atom stereocenters. The molecule has 2 fully saturated rings. The SMILES string of the molecule is C[C@H]1OCCN[C@@H]1C(=O)N1CCN(Cc2cccc(O)c2)CC1.Cl.Cl. The molecule has 6 nitrogen and oxygen atoms in total. The predicted molar refractivity (Wildman–Crippen MR) is 102 cm³/mol. The first-order chi connectivity index (χ1) is 11.1. The van der Waals surface area contributed by atoms with Crippen molar-refractivity contribution in [1.29, 1.82) is 0 Å². The fraction of sp³-hybridized carbons (Fsp3) is 0.588. The van der Waals surface area contributed by atoms with E-state index in [0.29, 0.717) is 12.4 Å². The second-order valence-corrected chi connectivity index (χ2v) is 6.28. The normalized spacial score (nSPS) is 24.1. The minimum Gasteiger partial charge on any atom is -0.508 e. The highest BCUT2D eigenvalue weighted by molar-refractivity contribution is 5.85. The summed E-state index contributed by atoms with van der Waals surface area (Å²) in [5, 5.41) is 12.8. The van der Waals surface area contributed by atoms with Crippen molar-refractivity contribution in [3.05, 3.63) is 29.8 Å². The maximum absolute atomic E-state index is 12.6. The molecule has 0 spiro atoms. The minimum absolute atomic E-state index is 0. The average Bonchev–Trinajstić information content (AvgIpc) is 2.55. The number of halogens is 2. The number of piperazine rings is 1. The van der Waals surface area contributed by atoms with E-state index < -0.39 is 0 Å². The minimum atomic E-state index is -0.221. The van der Waals surface area contributed by atoms with Crippen LogP contribution in [0.5, 0.6) is 5.75 Å². The van der Waals surface area contributed by atoms with Crippen molar-refractivity contribution < 1.29 is 14.6 Å². The van der Waals surface area contributed by atoms with Crippen molar-refractivity contribution in [2.45, 2.75) is 25.6 Å². The summed E-state index contributed by atoms with van der Waals surface area (Å²) < 4.78 is 5.57. The highest BCUT2D eigenvalue weighted by Crippen LogP contribution is 2.15. The topological polar surface area (TPSA) is 65.0 Å². The largest absolute Gasteiger partial charge is 0.508 e. The zero-order valence-corrected chi connectivity index (χ0v) is 16.0. The van der Waals surface area contributed by atoms with Crippen LogP contribution < -0.4 is 5.32 Å². The fourth-order valence-corrected chi connectivity index (χ4v) is 3.25. The lowest BCUT2D eigenvalue weighted by Crippen LogP contribution is -2.59. The smallest absolute Gasteiger partial charge is 0.242 e. The number of amides is 1. The lowest BCUT2D eigenvalue weighted by atomic mass is 10.1. The van der Waals surface area contributed by atoms with Gasteiger partial charge in [0.1, 0.15) is 11.8 Å². The maximum Gasteiger partial charge on any atom is 0.242 e. The van der Waals surface area contributed by atoms with Gasteiger partial charge in [-0.05, 0) is 24.6 Å². The Kier molecular flexibility index (Phi) is 8.96. The summed E-state index contributed by atoms with van der Waals surface area (Å²) >= 11 is 0. The molecule has 2 N–H and O–H groups in total. The second-order valence-electron chi connectivity index (χ2n) is 6.28. The van der Waals surface area contributed by atoms with Gasteiger partial charge in [-0.1, -0.05) is 12.1 Å². The number of rotatable bonds is 3. The Labute approximate surface area is 161 Å². The van der Waals surface area contributed by atoms with Gasteiger partial charge in [0.25, 0.3) is 0 Å². The van der Waals surface area contributed by atoms with Crippen LogP contribution in [0.25, 0.3) is 0 Å². The van der Waals surface area contributed by atoms with Crippen molar-refractivity contribution in [2.24, 2.45) is 0 Å². The first-order valence-corrected chi connectivity index (χ1v) is 8.27. The summed E-state index contributed by atoms with van der Waals surface area (Å²) in [6.07, 6.45) is -0.0680. The number of hydrogen-bond donors (Lipinski definition) is 2. The standard InChI is InChI=1S/C17H25N3O3.2ClH/c1-13-16(18-5-10-23-13)17(22)20-8-6-19(7-9-20)12-14-3-2-4-15(21)11-14;;/h2-4,11,13,16,18,21H,5-10,12H2,1H3;2*1H/t13-,16+;;/m1../s1. The Bertz CT molecular complexity index is 554. The number of carbonyl (C=O) groups is 1. The summed E-state index contributed by atoms with van der Waals surface area (Å²) in [4.78, 5) is 16.8. The molecule has 0 aromatic heterocycles. The number of aromatic hydroxyl groups is 1. The number of morpholine rings is 1. The molecule has 0 aliphatic carbocycles. The molecule has 0 bridgehead atoms. The Morgan fingerprint density at radius 2 is 2.00 bits per heavy atom. The predicted octanol–water partition coefficient (Wildman–Crippen LogP) is 1.26. The quantitative estimate of drug-likeness (QED) is 0.811. The summed E-state index contributed by atoms with van der Waals surface area (Å²) in [7, 11) is 0. The number of ether oxygens (including phenoxy) is 1. The molecule has 1 aromatic rings. The molecule has 25 heavy (non-hydrogen) atoms. The lowest BCUT2D eigenvalue weighted by Gasteiger charge is -2.38. The van der Waals surface area contributed by atoms with Crippen molar-refractivity contribution in [2.75, 3.05) is 39.3 Å². The fourth-order valence-electron chi connectivity index (χ4n) is 3.25. The van der Waals surface area contributed by atoms with Gasteiger partial charge in [0.2, 0.25) is 5.91 Å². The zero-order valence-electron chi connectivity index (χ0n) is 14.4. The van der Waals surface area contributed by atoms with Crippen molar-refractivity contribution in [1.82, 2.24) is 15.1 Å². The Morgan fingerprint density at radius 1 is 1.28 bits per heavy atom. The molecule has 1 amide bonds. The van der Waals surface area contributed by atoms with E-state index in [1.54, 1.807) is 12.1 Å². The average molecular weight is 392 g/mol. The van der Waals surface area contributed by atoms with Crippen LogP contribution in [-0.2, 0) is 16.1 Å². The van der Waals surface area contributed by atoms with Gasteiger partial charge in [-0.3, -0.25) is 9.69 Å². The van der Waals surface area contributed by atoms with Crippen LogP contribution in [0.15, 0.2) is 24.3 Å². The van der Waals surface area contributed by atoms with Crippen LogP contribution in [0.4, 0.5) is 0 Å². The highest BCUT2D eigenvalue weighted by atomic mass is 35.5. The van der Waals surface area contributed by atoms with Crippen LogP contribution in [0, 0.1) is 0 Å². The van der Waals surface area contributed by atoms with Gasteiger partial charge >= 0.3 is 0 Å². The first-order valence-electron chi connectivity index (χ1n) is 8.27. The van der Waals surface area contributed by atoms with Crippen LogP contribution in [0.1, 0.15) is 12.5 Å². The van der Waals surface area contributed by atoms with Crippen molar-refractivity contribution >= 4 is 30.7 Å². The number of hydrogen-bond acceptors (Lipinski definition) is 5. The number of benzene rings is 1. The summed E-state index contributed by atoms with van der Waals surface area (Å²) in [5.41, 5.74) is 1.10. The molecular formula is C17H27Cl2N3O3. The van der Waals surface area contributed by atoms with Gasteiger partial charge in [-0.2, -0.15) is 0 Å². The van der Waals surface area contributed by atoms with E-state index in [1.165, 1.54) is 0 Å². The van der Waals surface area contributed by atoms with Crippen LogP contribution in [0.2, 0.25) is 0 Å². The molecular weight excluding hydrogens is 365 g/mol. The van der Waals surface area contributed by atoms with E-state index in [1.807, 2.05) is 24.0 Å². The molecule has 2 saturated heterocycles. The van der Waals surface area contributed by atoms with E-state index in [4.69, 9.17) is 4.74 Å². The molecule has 3 rings (SSSR count). The summed E-state index contributed by atoms with van der Waals surface area (Å²) in [5.74, 6) is 0.447. The van der Waals surface area contributed by atoms with Gasteiger partial charge < -0.3 is 20.1 Å². The van der Waals surface area contributed by atoms with E-state index >= 15 is 0 Å². The molecule has 0 radical (unpaired) electrons. The van der Waals surface area contributed by atoms with Crippen LogP contribution in [0.3, 0.4) is 0 Å². The van der Waals surface area contributed by atoms with Gasteiger partial charge in [-0.25, -0.2) is 0 Å². The van der Waals surface area contributed by atoms with Crippen molar-refractivity contribution in [3.63, 3.8) is 0 Å². The van der Waals surface area contributed by atoms with Crippen LogP contribution in [-0.4, -0.2) is 72.3 Å². The Hall–Kier alpha value is -1.05. The van der Waals surface area contributed by atoms with E-state index in [0.717, 1.165) is 44.8 Å². The summed E-state index contributed by atoms with van der Waals surface area (Å²) in [6, 6.07) is 7.13. The molecule has 1 aromatic carbocycles. The number of phenols is 1. The van der Waals surface area contributed by atoms with Crippen molar-refractivity contribution in [3.8, 4) is 5.75 Å². The Morgan fingerprint density at radius 3 is 2.64 bits per heavy atom. The molecule has 142 valence electrons. The monoisotopic (exact) mass is 391 g/mol. The molecule has 8 heteroatoms. The molecule has 2 aliphatic heterocycles. The van der Waals surface area contributed by atoms with E-state index in [-0.39, 0.29) is 42.9 Å². The number of carbonyl (C=O) groups excluding carboxylic acids is 1. The zero-order chi connectivity index (χ0) is 16.2. The third-order valence-electron chi connectivity index (χ3n) is 4.58. The van der Waals surface area contributed by atoms with Gasteiger partial charge in [0, 0.05) is 39.3 Å². The first kappa shape index (κ1) is 22.0. The third kappa shape index (κ3) is 5.72. The second kappa shape index (κ2) is 10.2. The molecule has 0 saturated carbocycles. The number of nitrogens with one attached hydrogen (secondary N) is 1. The van der Waals surface area contributed by atoms with Gasteiger partial charge in [-0.15, -0.1) is 24.8 Å². The lowest BCUT2D eigenvalue weighted by molar-refractivity contribution is -0.141. The highest BCUT2D eigenvalue weighted by Gasteiger charge is 2.33. The van der Waals surface area contributed by atoms with Gasteiger partial charge in [0.15, 0.2) is 0 Å². The Balaban J connectivity index is 0.00000156. The van der Waals surface area contributed by atoms with Gasteiger partial charge in [0.05, 0.1) is 12.7 Å². The molecule has 0 unspecified atom stereocenters. The van der Waals surface area contributed by atoms with Crippen LogP contribution >= 0.6 is 24.8 Å². The van der Waals surface area contributed by atoms with E-state index in [2.05, 4.69) is 10.2 Å². The molecule has 2 heterocycles. The third-order valence-corrected chi connectivity index (χ3v) is 4.58. The maximum atomic E-state index is 12.6. The summed E-state index contributed by atoms with van der Waals surface area (Å²) in [6.45, 7) is 7.34.